The number of benzene rings is 1. The van der Waals surface area contributed by atoms with Gasteiger partial charge in [-0.25, -0.2) is 0 Å². The first-order chi connectivity index (χ1) is 9.13. The van der Waals surface area contributed by atoms with Gasteiger partial charge in [0, 0.05) is 10.8 Å². The van der Waals surface area contributed by atoms with E-state index in [1.165, 1.54) is 5.56 Å². The third kappa shape index (κ3) is 3.53. The lowest BCUT2D eigenvalue weighted by atomic mass is 9.82. The lowest BCUT2D eigenvalue weighted by molar-refractivity contribution is 0.436. The van der Waals surface area contributed by atoms with Gasteiger partial charge in [0.2, 0.25) is 0 Å². The molecule has 0 aliphatic rings. The maximum atomic E-state index is 6.75. The van der Waals surface area contributed by atoms with Crippen LogP contribution >= 0.6 is 34.5 Å². The molecule has 1 aromatic heterocycles. The summed E-state index contributed by atoms with van der Waals surface area (Å²) in [6, 6.07) is 14.5. The molecular weight excluding hydrogens is 295 g/mol. The summed E-state index contributed by atoms with van der Waals surface area (Å²) in [4.78, 5) is 1.15. The molecule has 1 aromatic carbocycles. The van der Waals surface area contributed by atoms with E-state index in [2.05, 4.69) is 38.1 Å². The lowest BCUT2D eigenvalue weighted by Gasteiger charge is -2.27. The van der Waals surface area contributed by atoms with E-state index < -0.39 is 0 Å². The molecule has 102 valence electrons. The minimum atomic E-state index is -0.0187. The molecule has 0 bridgehead atoms. The molecule has 0 saturated carbocycles. The molecule has 0 radical (unpaired) electrons. The van der Waals surface area contributed by atoms with Gasteiger partial charge in [0.25, 0.3) is 0 Å². The molecule has 0 fully saturated rings. The zero-order valence-electron chi connectivity index (χ0n) is 11.1. The molecule has 3 unspecified atom stereocenters. The molecule has 1 heterocycles. The molecule has 19 heavy (non-hydrogen) atoms. The molecule has 0 saturated heterocycles. The first-order valence-electron chi connectivity index (χ1n) is 6.57. The van der Waals surface area contributed by atoms with Crippen LogP contribution < -0.4 is 0 Å². The monoisotopic (exact) mass is 312 g/mol. The van der Waals surface area contributed by atoms with Crippen molar-refractivity contribution in [2.45, 2.75) is 31.6 Å². The van der Waals surface area contributed by atoms with E-state index in [9.17, 15) is 0 Å². The largest absolute Gasteiger partial charge is 0.127 e. The smallest absolute Gasteiger partial charge is 0.0931 e. The molecule has 2 aromatic rings. The van der Waals surface area contributed by atoms with Crippen LogP contribution in [0.4, 0.5) is 0 Å². The number of thiophene rings is 1. The van der Waals surface area contributed by atoms with Gasteiger partial charge in [-0.2, -0.15) is 0 Å². The molecule has 0 nitrogen and oxygen atoms in total. The fraction of sp³-hybridized carbons (Fsp3) is 0.375. The number of hydrogen-bond donors (Lipinski definition) is 0. The van der Waals surface area contributed by atoms with Crippen LogP contribution in [-0.2, 0) is 0 Å². The lowest BCUT2D eigenvalue weighted by Crippen LogP contribution is -2.14. The highest BCUT2D eigenvalue weighted by molar-refractivity contribution is 7.16. The molecule has 3 atom stereocenters. The van der Waals surface area contributed by atoms with E-state index >= 15 is 0 Å². The Labute approximate surface area is 129 Å². The van der Waals surface area contributed by atoms with E-state index in [-0.39, 0.29) is 5.38 Å². The number of halogens is 2. The summed E-state index contributed by atoms with van der Waals surface area (Å²) in [7, 11) is 0. The van der Waals surface area contributed by atoms with Gasteiger partial charge in [0.05, 0.1) is 9.71 Å². The summed E-state index contributed by atoms with van der Waals surface area (Å²) in [6.07, 6.45) is 1.11. The Morgan fingerprint density at radius 1 is 1.11 bits per heavy atom. The van der Waals surface area contributed by atoms with Crippen molar-refractivity contribution in [1.29, 1.82) is 0 Å². The Morgan fingerprint density at radius 2 is 1.79 bits per heavy atom. The third-order valence-electron chi connectivity index (χ3n) is 3.62. The molecule has 0 aliphatic heterocycles. The highest BCUT2D eigenvalue weighted by atomic mass is 35.5. The first kappa shape index (κ1) is 14.9. The van der Waals surface area contributed by atoms with Crippen LogP contribution in [0.5, 0.6) is 0 Å². The second kappa shape index (κ2) is 6.78. The van der Waals surface area contributed by atoms with E-state index in [1.807, 2.05) is 18.2 Å². The van der Waals surface area contributed by atoms with Crippen LogP contribution in [0, 0.1) is 5.92 Å². The van der Waals surface area contributed by atoms with Crippen LogP contribution in [0.3, 0.4) is 0 Å². The van der Waals surface area contributed by atoms with Gasteiger partial charge in [0.15, 0.2) is 0 Å². The van der Waals surface area contributed by atoms with Crippen LogP contribution in [0.1, 0.15) is 42.0 Å². The molecule has 0 N–H and O–H groups in total. The Hall–Kier alpha value is -0.500. The fourth-order valence-electron chi connectivity index (χ4n) is 2.37. The minimum Gasteiger partial charge on any atom is -0.127 e. The van der Waals surface area contributed by atoms with E-state index in [0.29, 0.717) is 11.8 Å². The standard InChI is InChI=1S/C16H18Cl2S/c1-3-11(2)15(12-7-5-4-6-8-12)16(18)13-9-10-14(17)19-13/h4-11,15-16H,3H2,1-2H3. The Kier molecular flexibility index (Phi) is 5.32. The maximum absolute atomic E-state index is 6.75. The average molecular weight is 313 g/mol. The summed E-state index contributed by atoms with van der Waals surface area (Å²) >= 11 is 14.4. The average Bonchev–Trinajstić information content (AvgIpc) is 2.86. The Bertz CT molecular complexity index is 506. The number of alkyl halides is 1. The van der Waals surface area contributed by atoms with Crippen molar-refractivity contribution < 1.29 is 0 Å². The van der Waals surface area contributed by atoms with Gasteiger partial charge >= 0.3 is 0 Å². The summed E-state index contributed by atoms with van der Waals surface area (Å²) in [5.41, 5.74) is 1.31. The van der Waals surface area contributed by atoms with E-state index in [0.717, 1.165) is 15.6 Å². The predicted octanol–water partition coefficient (Wildman–Crippen LogP) is 6.51. The predicted molar refractivity (Wildman–Crippen MR) is 86.6 cm³/mol. The van der Waals surface area contributed by atoms with E-state index in [4.69, 9.17) is 23.2 Å². The van der Waals surface area contributed by atoms with Gasteiger partial charge in [0.1, 0.15) is 0 Å². The van der Waals surface area contributed by atoms with Gasteiger partial charge in [-0.3, -0.25) is 0 Å². The molecule has 3 heteroatoms. The highest BCUT2D eigenvalue weighted by Crippen LogP contribution is 2.45. The van der Waals surface area contributed by atoms with Crippen molar-refractivity contribution >= 4 is 34.5 Å². The molecule has 0 aliphatic carbocycles. The number of hydrogen-bond acceptors (Lipinski definition) is 1. The van der Waals surface area contributed by atoms with Crippen molar-refractivity contribution in [3.8, 4) is 0 Å². The SMILES string of the molecule is CCC(C)C(c1ccccc1)C(Cl)c1ccc(Cl)s1. The Morgan fingerprint density at radius 3 is 2.32 bits per heavy atom. The second-order valence-electron chi connectivity index (χ2n) is 4.87. The van der Waals surface area contributed by atoms with Crippen molar-refractivity contribution in [1.82, 2.24) is 0 Å². The molecule has 0 spiro atoms. The summed E-state index contributed by atoms with van der Waals surface area (Å²) in [5, 5.41) is -0.0187. The zero-order valence-corrected chi connectivity index (χ0v) is 13.5. The van der Waals surface area contributed by atoms with Crippen LogP contribution in [0.15, 0.2) is 42.5 Å². The van der Waals surface area contributed by atoms with Gasteiger partial charge in [-0.15, -0.1) is 22.9 Å². The first-order valence-corrected chi connectivity index (χ1v) is 8.20. The Balaban J connectivity index is 2.33. The van der Waals surface area contributed by atoms with Crippen molar-refractivity contribution in [2.24, 2.45) is 5.92 Å². The van der Waals surface area contributed by atoms with Crippen molar-refractivity contribution in [3.63, 3.8) is 0 Å². The minimum absolute atomic E-state index is 0.0187. The molecule has 2 rings (SSSR count). The van der Waals surface area contributed by atoms with E-state index in [1.54, 1.807) is 11.3 Å². The quantitative estimate of drug-likeness (QED) is 0.552. The summed E-state index contributed by atoms with van der Waals surface area (Å²) < 4.78 is 0.802. The normalized spacial score (nSPS) is 16.0. The second-order valence-corrected chi connectivity index (χ2v) is 7.08. The zero-order chi connectivity index (χ0) is 13.8. The topological polar surface area (TPSA) is 0 Å². The highest BCUT2D eigenvalue weighted by Gasteiger charge is 2.28. The fourth-order valence-corrected chi connectivity index (χ4v) is 4.06. The molecule has 0 amide bonds. The van der Waals surface area contributed by atoms with Crippen molar-refractivity contribution in [2.75, 3.05) is 0 Å². The van der Waals surface area contributed by atoms with Gasteiger partial charge in [-0.05, 0) is 23.6 Å². The van der Waals surface area contributed by atoms with Gasteiger partial charge in [-0.1, -0.05) is 62.2 Å². The van der Waals surface area contributed by atoms with Crippen molar-refractivity contribution in [3.05, 3.63) is 57.2 Å². The summed E-state index contributed by atoms with van der Waals surface area (Å²) in [6.45, 7) is 4.48. The van der Waals surface area contributed by atoms with Crippen LogP contribution in [0.25, 0.3) is 0 Å². The maximum Gasteiger partial charge on any atom is 0.0931 e. The van der Waals surface area contributed by atoms with Gasteiger partial charge < -0.3 is 0 Å². The third-order valence-corrected chi connectivity index (χ3v) is 5.57. The van der Waals surface area contributed by atoms with Crippen LogP contribution in [0.2, 0.25) is 4.34 Å². The number of rotatable bonds is 5. The summed E-state index contributed by atoms with van der Waals surface area (Å²) in [5.74, 6) is 0.855. The molecular formula is C16H18Cl2S. The van der Waals surface area contributed by atoms with Crippen LogP contribution in [-0.4, -0.2) is 0 Å².